The summed E-state index contributed by atoms with van der Waals surface area (Å²) in [5, 5.41) is 11.8. The molecule has 0 aliphatic carbocycles. The van der Waals surface area contributed by atoms with Gasteiger partial charge in [-0.25, -0.2) is 8.42 Å². The molecule has 0 amide bonds. The third kappa shape index (κ3) is 6.20. The lowest BCUT2D eigenvalue weighted by Crippen LogP contribution is -2.39. The largest absolute Gasteiger partial charge is 0.353 e. The van der Waals surface area contributed by atoms with Gasteiger partial charge in [-0.15, -0.1) is 10.2 Å². The number of sulfonamides is 1. The van der Waals surface area contributed by atoms with E-state index >= 15 is 0 Å². The van der Waals surface area contributed by atoms with E-state index in [0.29, 0.717) is 29.7 Å². The van der Waals surface area contributed by atoms with Crippen molar-refractivity contribution >= 4 is 44.0 Å². The Morgan fingerprint density at radius 3 is 2.79 bits per heavy atom. The molecule has 4 rings (SSSR count). The lowest BCUT2D eigenvalue weighted by atomic mass is 10.0. The molecule has 0 bridgehead atoms. The van der Waals surface area contributed by atoms with Crippen LogP contribution in [0.2, 0.25) is 0 Å². The van der Waals surface area contributed by atoms with Crippen LogP contribution in [-0.4, -0.2) is 48.3 Å². The van der Waals surface area contributed by atoms with Gasteiger partial charge in [-0.2, -0.15) is 4.31 Å². The van der Waals surface area contributed by atoms with Gasteiger partial charge >= 0.3 is 0 Å². The second-order valence-corrected chi connectivity index (χ2v) is 12.2. The molecule has 0 radical (unpaired) electrons. The Morgan fingerprint density at radius 2 is 2.00 bits per heavy atom. The first-order chi connectivity index (χ1) is 15.9. The van der Waals surface area contributed by atoms with E-state index in [4.69, 9.17) is 0 Å². The number of anilines is 1. The lowest BCUT2D eigenvalue weighted by molar-refractivity contribution is 0.101. The van der Waals surface area contributed by atoms with Gasteiger partial charge in [0, 0.05) is 24.4 Å². The molecule has 174 valence electrons. The smallest absolute Gasteiger partial charge is 0.243 e. The summed E-state index contributed by atoms with van der Waals surface area (Å²) in [5.41, 5.74) is 1.56. The zero-order valence-corrected chi connectivity index (χ0v) is 20.8. The van der Waals surface area contributed by atoms with E-state index in [0.717, 1.165) is 22.9 Å². The average molecular weight is 503 g/mol. The summed E-state index contributed by atoms with van der Waals surface area (Å²) in [6, 6.07) is 16.4. The highest BCUT2D eigenvalue weighted by Gasteiger charge is 2.29. The van der Waals surface area contributed by atoms with Crippen LogP contribution in [0, 0.1) is 5.92 Å². The summed E-state index contributed by atoms with van der Waals surface area (Å²) in [5.74, 6) is 0.934. The molecule has 2 heterocycles. The molecule has 2 aromatic carbocycles. The molecule has 1 saturated heterocycles. The van der Waals surface area contributed by atoms with Gasteiger partial charge in [0.05, 0.1) is 11.4 Å². The van der Waals surface area contributed by atoms with E-state index in [1.54, 1.807) is 30.0 Å². The van der Waals surface area contributed by atoms with Crippen molar-refractivity contribution in [3.05, 3.63) is 65.7 Å². The van der Waals surface area contributed by atoms with Crippen LogP contribution in [0.25, 0.3) is 0 Å². The van der Waals surface area contributed by atoms with Crippen LogP contribution < -0.4 is 5.32 Å². The molecule has 10 heteroatoms. The highest BCUT2D eigenvalue weighted by molar-refractivity contribution is 8.00. The second kappa shape index (κ2) is 10.8. The van der Waals surface area contributed by atoms with E-state index in [9.17, 15) is 13.2 Å². The van der Waals surface area contributed by atoms with Crippen LogP contribution in [0.4, 0.5) is 5.13 Å². The summed E-state index contributed by atoms with van der Waals surface area (Å²) < 4.78 is 28.4. The Labute approximate surface area is 202 Å². The molecule has 0 saturated carbocycles. The molecule has 0 spiro atoms. The van der Waals surface area contributed by atoms with Crippen molar-refractivity contribution in [3.8, 4) is 0 Å². The molecule has 3 aromatic rings. The van der Waals surface area contributed by atoms with E-state index < -0.39 is 10.0 Å². The summed E-state index contributed by atoms with van der Waals surface area (Å²) >= 11 is 2.98. The number of hydrogen-bond acceptors (Lipinski definition) is 8. The van der Waals surface area contributed by atoms with Crippen LogP contribution in [0.5, 0.6) is 0 Å². The highest BCUT2D eigenvalue weighted by Crippen LogP contribution is 2.28. The first-order valence-electron chi connectivity index (χ1n) is 10.8. The van der Waals surface area contributed by atoms with Gasteiger partial charge in [-0.3, -0.25) is 4.79 Å². The van der Waals surface area contributed by atoms with Crippen LogP contribution in [0.3, 0.4) is 0 Å². The SMILES string of the molecule is CC1CCCN(S(=O)(=O)c2cccc(C(=O)CNc3nnc(SCc4ccccc4)s3)c2)C1. The predicted octanol–water partition coefficient (Wildman–Crippen LogP) is 4.55. The van der Waals surface area contributed by atoms with Crippen molar-refractivity contribution < 1.29 is 13.2 Å². The minimum Gasteiger partial charge on any atom is -0.353 e. The van der Waals surface area contributed by atoms with Crippen molar-refractivity contribution in [2.24, 2.45) is 5.92 Å². The molecule has 1 aromatic heterocycles. The molecule has 1 unspecified atom stereocenters. The van der Waals surface area contributed by atoms with Gasteiger partial charge in [-0.05, 0) is 36.5 Å². The Hall–Kier alpha value is -2.27. The van der Waals surface area contributed by atoms with Crippen LogP contribution in [0.15, 0.2) is 63.8 Å². The molecule has 1 aliphatic heterocycles. The molecular weight excluding hydrogens is 476 g/mol. The highest BCUT2D eigenvalue weighted by atomic mass is 32.2. The van der Waals surface area contributed by atoms with Crippen LogP contribution in [-0.2, 0) is 15.8 Å². The zero-order chi connectivity index (χ0) is 23.3. The van der Waals surface area contributed by atoms with E-state index in [1.807, 2.05) is 18.2 Å². The molecule has 1 fully saturated rings. The summed E-state index contributed by atoms with van der Waals surface area (Å²) in [6.45, 7) is 3.12. The van der Waals surface area contributed by atoms with Gasteiger partial charge in [0.2, 0.25) is 15.2 Å². The van der Waals surface area contributed by atoms with Gasteiger partial charge < -0.3 is 5.32 Å². The van der Waals surface area contributed by atoms with Crippen molar-refractivity contribution in [2.45, 2.75) is 34.8 Å². The topological polar surface area (TPSA) is 92.3 Å². The number of piperidine rings is 1. The number of hydrogen-bond donors (Lipinski definition) is 1. The number of aromatic nitrogens is 2. The number of Topliss-reactive ketones (excluding diaryl/α,β-unsaturated/α-hetero) is 1. The van der Waals surface area contributed by atoms with Gasteiger partial charge in [0.1, 0.15) is 0 Å². The summed E-state index contributed by atoms with van der Waals surface area (Å²) in [7, 11) is -3.61. The molecule has 1 N–H and O–H groups in total. The normalized spacial score (nSPS) is 17.1. The van der Waals surface area contributed by atoms with Crippen molar-refractivity contribution in [1.82, 2.24) is 14.5 Å². The van der Waals surface area contributed by atoms with E-state index in [2.05, 4.69) is 34.6 Å². The number of ketones is 1. The number of thioether (sulfide) groups is 1. The van der Waals surface area contributed by atoms with Gasteiger partial charge in [-0.1, -0.05) is 72.5 Å². The third-order valence-electron chi connectivity index (χ3n) is 5.43. The van der Waals surface area contributed by atoms with Gasteiger partial charge in [0.25, 0.3) is 0 Å². The number of benzene rings is 2. The fourth-order valence-electron chi connectivity index (χ4n) is 3.66. The Morgan fingerprint density at radius 1 is 1.18 bits per heavy atom. The molecule has 33 heavy (non-hydrogen) atoms. The van der Waals surface area contributed by atoms with Crippen molar-refractivity contribution in [1.29, 1.82) is 0 Å². The third-order valence-corrected chi connectivity index (χ3v) is 9.37. The minimum absolute atomic E-state index is 0.0161. The average Bonchev–Trinajstić information content (AvgIpc) is 3.30. The number of rotatable bonds is 9. The lowest BCUT2D eigenvalue weighted by Gasteiger charge is -2.30. The first kappa shape index (κ1) is 23.9. The van der Waals surface area contributed by atoms with Crippen molar-refractivity contribution in [3.63, 3.8) is 0 Å². The fraction of sp³-hybridized carbons (Fsp3) is 0.348. The maximum atomic E-state index is 13.0. The second-order valence-electron chi connectivity index (χ2n) is 8.06. The first-order valence-corrected chi connectivity index (χ1v) is 14.0. The standard InChI is InChI=1S/C23H26N4O3S3/c1-17-7-6-12-27(15-17)33(29,30)20-11-5-10-19(13-20)21(28)14-24-22-25-26-23(32-22)31-16-18-8-3-2-4-9-18/h2-5,8-11,13,17H,6-7,12,14-16H2,1H3,(H,24,25). The Balaban J connectivity index is 1.35. The van der Waals surface area contributed by atoms with Crippen molar-refractivity contribution in [2.75, 3.05) is 25.0 Å². The quantitative estimate of drug-likeness (QED) is 0.339. The Kier molecular flexibility index (Phi) is 7.79. The minimum atomic E-state index is -3.61. The Bertz CT molecular complexity index is 1200. The number of nitrogens with one attached hydrogen (secondary N) is 1. The van der Waals surface area contributed by atoms with Gasteiger partial charge in [0.15, 0.2) is 10.1 Å². The maximum absolute atomic E-state index is 13.0. The van der Waals surface area contributed by atoms with Crippen LogP contribution in [0.1, 0.15) is 35.7 Å². The zero-order valence-electron chi connectivity index (χ0n) is 18.3. The summed E-state index contributed by atoms with van der Waals surface area (Å²) in [6.07, 6.45) is 1.89. The molecule has 1 aliphatic rings. The monoisotopic (exact) mass is 502 g/mol. The van der Waals surface area contributed by atoms with Crippen LogP contribution >= 0.6 is 23.1 Å². The number of nitrogens with zero attached hydrogens (tertiary/aromatic N) is 3. The maximum Gasteiger partial charge on any atom is 0.243 e. The fourth-order valence-corrected chi connectivity index (χ4v) is 7.01. The number of carbonyl (C=O) groups is 1. The predicted molar refractivity (Wildman–Crippen MR) is 132 cm³/mol. The number of carbonyl (C=O) groups excluding carboxylic acids is 1. The molecule has 1 atom stereocenters. The van der Waals surface area contributed by atoms with E-state index in [-0.39, 0.29) is 17.2 Å². The molecular formula is C23H26N4O3S3. The molecule has 7 nitrogen and oxygen atoms in total. The van der Waals surface area contributed by atoms with E-state index in [1.165, 1.54) is 27.3 Å². The summed E-state index contributed by atoms with van der Waals surface area (Å²) in [4.78, 5) is 12.9.